The molecule has 0 aliphatic heterocycles. The van der Waals surface area contributed by atoms with Gasteiger partial charge in [-0.1, -0.05) is 23.1 Å². The number of aryl methyl sites for hydroxylation is 1. The predicted molar refractivity (Wildman–Crippen MR) is 84.2 cm³/mol. The maximum absolute atomic E-state index is 12.5. The number of carbonyl (C=O) groups excluding carboxylic acids is 2. The third kappa shape index (κ3) is 3.16. The quantitative estimate of drug-likeness (QED) is 0.647. The van der Waals surface area contributed by atoms with Crippen LogP contribution in [0.3, 0.4) is 0 Å². The lowest BCUT2D eigenvalue weighted by Gasteiger charge is -2.07. The second-order valence-electron chi connectivity index (χ2n) is 4.71. The first kappa shape index (κ1) is 15.7. The summed E-state index contributed by atoms with van der Waals surface area (Å²) in [5.41, 5.74) is 8.03. The topological polar surface area (TPSA) is 102 Å². The van der Waals surface area contributed by atoms with Crippen molar-refractivity contribution in [3.63, 3.8) is 0 Å². The van der Waals surface area contributed by atoms with Crippen molar-refractivity contribution in [1.29, 1.82) is 0 Å². The van der Waals surface area contributed by atoms with E-state index in [2.05, 4.69) is 15.2 Å². The van der Waals surface area contributed by atoms with Crippen molar-refractivity contribution in [3.8, 4) is 0 Å². The number of nitrogens with two attached hydrogens (primary N) is 1. The number of Topliss-reactive ketones (excluding diaryl/α,β-unsaturated/α-hetero) is 2. The molecular weight excluding hydrogens is 308 g/mol. The maximum atomic E-state index is 12.5. The summed E-state index contributed by atoms with van der Waals surface area (Å²) in [6.07, 6.45) is 0. The van der Waals surface area contributed by atoms with Gasteiger partial charge in [0.25, 0.3) is 0 Å². The van der Waals surface area contributed by atoms with Crippen LogP contribution in [0.15, 0.2) is 4.34 Å². The zero-order valence-corrected chi connectivity index (χ0v) is 13.8. The fraction of sp³-hybridized carbons (Fsp3) is 0.385. The van der Waals surface area contributed by atoms with E-state index in [9.17, 15) is 9.59 Å². The number of aromatic nitrogens is 3. The van der Waals surface area contributed by atoms with Crippen molar-refractivity contribution in [1.82, 2.24) is 15.2 Å². The maximum Gasteiger partial charge on any atom is 0.203 e. The summed E-state index contributed by atoms with van der Waals surface area (Å²) in [4.78, 5) is 27.2. The summed E-state index contributed by atoms with van der Waals surface area (Å²) in [7, 11) is 0. The number of anilines is 1. The Morgan fingerprint density at radius 1 is 1.33 bits per heavy atom. The third-order valence-electron chi connectivity index (χ3n) is 3.10. The largest absolute Gasteiger partial charge is 0.374 e. The van der Waals surface area contributed by atoms with E-state index in [-0.39, 0.29) is 16.8 Å². The van der Waals surface area contributed by atoms with Gasteiger partial charge < -0.3 is 10.7 Å². The normalized spacial score (nSPS) is 12.4. The van der Waals surface area contributed by atoms with Gasteiger partial charge >= 0.3 is 0 Å². The van der Waals surface area contributed by atoms with Gasteiger partial charge in [-0.3, -0.25) is 9.59 Å². The van der Waals surface area contributed by atoms with E-state index in [1.165, 1.54) is 30.0 Å². The van der Waals surface area contributed by atoms with Crippen LogP contribution in [0.2, 0.25) is 0 Å². The van der Waals surface area contributed by atoms with E-state index in [0.29, 0.717) is 26.3 Å². The van der Waals surface area contributed by atoms with Crippen LogP contribution in [0.4, 0.5) is 5.13 Å². The minimum Gasteiger partial charge on any atom is -0.374 e. The smallest absolute Gasteiger partial charge is 0.203 e. The van der Waals surface area contributed by atoms with Crippen LogP contribution >= 0.6 is 23.1 Å². The first-order valence-corrected chi connectivity index (χ1v) is 8.00. The molecule has 21 heavy (non-hydrogen) atoms. The number of H-pyrrole nitrogens is 1. The Morgan fingerprint density at radius 3 is 2.48 bits per heavy atom. The summed E-state index contributed by atoms with van der Waals surface area (Å²) in [5, 5.41) is 7.66. The zero-order valence-electron chi connectivity index (χ0n) is 12.2. The van der Waals surface area contributed by atoms with Gasteiger partial charge in [0.2, 0.25) is 5.13 Å². The number of nitrogens with zero attached hydrogens (tertiary/aromatic N) is 2. The average Bonchev–Trinajstić information content (AvgIpc) is 2.92. The molecule has 2 rings (SSSR count). The Kier molecular flexibility index (Phi) is 4.48. The zero-order chi connectivity index (χ0) is 15.7. The molecule has 0 saturated heterocycles. The number of hydrogen-bond donors (Lipinski definition) is 2. The molecule has 0 amide bonds. The van der Waals surface area contributed by atoms with Crippen LogP contribution in [0.25, 0.3) is 0 Å². The minimum atomic E-state index is -0.339. The van der Waals surface area contributed by atoms with E-state index < -0.39 is 0 Å². The summed E-state index contributed by atoms with van der Waals surface area (Å²) in [5.74, 6) is -0.112. The van der Waals surface area contributed by atoms with E-state index in [1.807, 2.05) is 0 Å². The highest BCUT2D eigenvalue weighted by Gasteiger charge is 2.25. The van der Waals surface area contributed by atoms with Crippen LogP contribution in [0.5, 0.6) is 0 Å². The predicted octanol–water partition coefficient (Wildman–Crippen LogP) is 2.63. The second kappa shape index (κ2) is 5.98. The minimum absolute atomic E-state index is 0.0440. The molecule has 0 radical (unpaired) electrons. The van der Waals surface area contributed by atoms with Crippen molar-refractivity contribution in [3.05, 3.63) is 22.5 Å². The fourth-order valence-electron chi connectivity index (χ4n) is 2.20. The second-order valence-corrected chi connectivity index (χ2v) is 7.31. The molecule has 0 fully saturated rings. The SMILES string of the molecule is CC(=O)c1c(C)[nH]c(C(=O)[C@H](C)Sc2nnc(N)s2)c1C. The van der Waals surface area contributed by atoms with Gasteiger partial charge in [0.05, 0.1) is 10.9 Å². The molecule has 2 aromatic heterocycles. The Morgan fingerprint density at radius 2 is 2.00 bits per heavy atom. The van der Waals surface area contributed by atoms with Crippen molar-refractivity contribution < 1.29 is 9.59 Å². The summed E-state index contributed by atoms with van der Waals surface area (Å²) < 4.78 is 0.654. The van der Waals surface area contributed by atoms with Crippen molar-refractivity contribution >= 4 is 39.8 Å². The van der Waals surface area contributed by atoms with Gasteiger partial charge in [0.1, 0.15) is 0 Å². The van der Waals surface area contributed by atoms with E-state index in [0.717, 1.165) is 5.69 Å². The Balaban J connectivity index is 2.23. The molecule has 1 atom stereocenters. The Labute approximate surface area is 130 Å². The van der Waals surface area contributed by atoms with Crippen LogP contribution < -0.4 is 5.73 Å². The Bertz CT molecular complexity index is 705. The monoisotopic (exact) mass is 324 g/mol. The summed E-state index contributed by atoms with van der Waals surface area (Å²) in [6, 6.07) is 0. The van der Waals surface area contributed by atoms with Crippen molar-refractivity contribution in [2.24, 2.45) is 0 Å². The first-order valence-electron chi connectivity index (χ1n) is 6.31. The van der Waals surface area contributed by atoms with Crippen LogP contribution in [-0.4, -0.2) is 32.0 Å². The molecule has 0 saturated carbocycles. The molecular formula is C13H16N4O2S2. The third-order valence-corrected chi connectivity index (χ3v) is 5.04. The number of thioether (sulfide) groups is 1. The Hall–Kier alpha value is -1.67. The highest BCUT2D eigenvalue weighted by atomic mass is 32.2. The molecule has 0 spiro atoms. The molecule has 0 aromatic carbocycles. The molecule has 0 aliphatic rings. The van der Waals surface area contributed by atoms with Crippen LogP contribution in [-0.2, 0) is 0 Å². The van der Waals surface area contributed by atoms with E-state index in [4.69, 9.17) is 5.73 Å². The van der Waals surface area contributed by atoms with Crippen molar-refractivity contribution in [2.45, 2.75) is 37.3 Å². The molecule has 2 aromatic rings. The summed E-state index contributed by atoms with van der Waals surface area (Å²) in [6.45, 7) is 6.88. The number of hydrogen-bond acceptors (Lipinski definition) is 7. The average molecular weight is 324 g/mol. The lowest BCUT2D eigenvalue weighted by Crippen LogP contribution is -2.15. The molecule has 112 valence electrons. The highest BCUT2D eigenvalue weighted by molar-refractivity contribution is 8.02. The molecule has 6 nitrogen and oxygen atoms in total. The lowest BCUT2D eigenvalue weighted by atomic mass is 10.0. The number of nitrogen functional groups attached to an aromatic ring is 1. The van der Waals surface area contributed by atoms with Gasteiger partial charge in [0, 0.05) is 11.3 Å². The van der Waals surface area contributed by atoms with Crippen LogP contribution in [0, 0.1) is 13.8 Å². The highest BCUT2D eigenvalue weighted by Crippen LogP contribution is 2.30. The van der Waals surface area contributed by atoms with E-state index >= 15 is 0 Å². The lowest BCUT2D eigenvalue weighted by molar-refractivity contribution is 0.0988. The van der Waals surface area contributed by atoms with Gasteiger partial charge in [-0.15, -0.1) is 10.2 Å². The number of aromatic amines is 1. The van der Waals surface area contributed by atoms with Gasteiger partial charge in [0.15, 0.2) is 15.9 Å². The molecule has 0 bridgehead atoms. The number of rotatable bonds is 5. The molecule has 0 aliphatic carbocycles. The molecule has 3 N–H and O–H groups in total. The molecule has 8 heteroatoms. The summed E-state index contributed by atoms with van der Waals surface area (Å²) >= 11 is 2.56. The fourth-order valence-corrected chi connectivity index (χ4v) is 4.04. The first-order chi connectivity index (χ1) is 9.81. The number of carbonyl (C=O) groups is 2. The van der Waals surface area contributed by atoms with Crippen molar-refractivity contribution in [2.75, 3.05) is 5.73 Å². The van der Waals surface area contributed by atoms with Gasteiger partial charge in [-0.2, -0.15) is 0 Å². The van der Waals surface area contributed by atoms with Gasteiger partial charge in [-0.25, -0.2) is 0 Å². The molecule has 2 heterocycles. The molecule has 0 unspecified atom stereocenters. The van der Waals surface area contributed by atoms with E-state index in [1.54, 1.807) is 20.8 Å². The van der Waals surface area contributed by atoms with Gasteiger partial charge in [-0.05, 0) is 33.3 Å². The number of nitrogens with one attached hydrogen (secondary N) is 1. The number of ketones is 2. The van der Waals surface area contributed by atoms with Crippen LogP contribution in [0.1, 0.15) is 46.0 Å². The standard InChI is InChI=1S/C13H16N4O2S2/c1-5-9(7(3)18)6(2)15-10(5)11(19)8(4)20-13-17-16-12(14)21-13/h8,15H,1-4H3,(H2,14,16)/t8-/m0/s1.